The second kappa shape index (κ2) is 36.2. The van der Waals surface area contributed by atoms with Crippen LogP contribution < -0.4 is 0 Å². The lowest BCUT2D eigenvalue weighted by atomic mass is 9.92. The zero-order valence-electron chi connectivity index (χ0n) is 36.3. The van der Waals surface area contributed by atoms with Crippen molar-refractivity contribution in [2.45, 2.75) is 251 Å². The normalized spacial score (nSPS) is 15.4. The quantitative estimate of drug-likeness (QED) is 0.0490. The number of unbranched alkanes of at least 4 members (excludes halogenated alkanes) is 16. The van der Waals surface area contributed by atoms with Crippen LogP contribution in [-0.4, -0.2) is 55.4 Å². The molecule has 0 radical (unpaired) electrons. The van der Waals surface area contributed by atoms with Gasteiger partial charge in [-0.25, -0.2) is 0 Å². The summed E-state index contributed by atoms with van der Waals surface area (Å²) in [6.45, 7) is 10.9. The van der Waals surface area contributed by atoms with E-state index in [1.807, 2.05) is 0 Å². The third kappa shape index (κ3) is 28.3. The van der Waals surface area contributed by atoms with Crippen LogP contribution in [0.3, 0.4) is 0 Å². The van der Waals surface area contributed by atoms with Crippen molar-refractivity contribution in [3.63, 3.8) is 0 Å². The Balaban J connectivity index is 2.23. The van der Waals surface area contributed by atoms with E-state index in [2.05, 4.69) is 27.7 Å². The lowest BCUT2D eigenvalue weighted by Crippen LogP contribution is -2.31. The first-order chi connectivity index (χ1) is 26.4. The summed E-state index contributed by atoms with van der Waals surface area (Å²) >= 11 is 0. The van der Waals surface area contributed by atoms with Gasteiger partial charge in [-0.15, -0.1) is 0 Å². The number of hydrogen-bond acceptors (Lipinski definition) is 7. The highest BCUT2D eigenvalue weighted by Gasteiger charge is 2.40. The van der Waals surface area contributed by atoms with Crippen molar-refractivity contribution in [1.82, 2.24) is 0 Å². The van der Waals surface area contributed by atoms with E-state index in [9.17, 15) is 14.7 Å². The van der Waals surface area contributed by atoms with E-state index in [-0.39, 0.29) is 24.6 Å². The van der Waals surface area contributed by atoms with Crippen LogP contribution >= 0.6 is 0 Å². The monoisotopic (exact) mass is 767 g/mol. The molecule has 1 heterocycles. The number of ether oxygens (including phenoxy) is 4. The number of aliphatic hydroxyl groups is 1. The van der Waals surface area contributed by atoms with Gasteiger partial charge in [0.2, 0.25) is 0 Å². The van der Waals surface area contributed by atoms with Gasteiger partial charge in [0.15, 0.2) is 5.79 Å². The molecule has 0 saturated carbocycles. The summed E-state index contributed by atoms with van der Waals surface area (Å²) < 4.78 is 24.0. The van der Waals surface area contributed by atoms with Gasteiger partial charge in [-0.3, -0.25) is 9.59 Å². The molecule has 1 aliphatic heterocycles. The first-order valence-electron chi connectivity index (χ1n) is 23.7. The molecule has 7 heteroatoms. The van der Waals surface area contributed by atoms with E-state index in [4.69, 9.17) is 18.9 Å². The molecule has 0 aromatic carbocycles. The van der Waals surface area contributed by atoms with E-state index >= 15 is 0 Å². The van der Waals surface area contributed by atoms with E-state index in [1.165, 1.54) is 103 Å². The molecule has 1 rings (SSSR count). The van der Waals surface area contributed by atoms with Gasteiger partial charge in [-0.1, -0.05) is 169 Å². The summed E-state index contributed by atoms with van der Waals surface area (Å²) in [5, 5.41) is 9.47. The minimum absolute atomic E-state index is 0.0297. The van der Waals surface area contributed by atoms with Gasteiger partial charge in [-0.2, -0.15) is 0 Å². The van der Waals surface area contributed by atoms with Crippen LogP contribution in [0.2, 0.25) is 0 Å². The lowest BCUT2D eigenvalue weighted by Gasteiger charge is -2.28. The molecule has 1 saturated heterocycles. The molecule has 1 atom stereocenters. The molecule has 0 aromatic heterocycles. The molecule has 1 aliphatic rings. The van der Waals surface area contributed by atoms with Crippen molar-refractivity contribution in [2.75, 3.05) is 26.4 Å². The molecule has 0 aromatic rings. The number of carbonyl (C=O) groups is 2. The summed E-state index contributed by atoms with van der Waals surface area (Å²) in [5.41, 5.74) is 0. The van der Waals surface area contributed by atoms with Crippen LogP contribution in [0.5, 0.6) is 0 Å². The van der Waals surface area contributed by atoms with Crippen molar-refractivity contribution in [3.8, 4) is 0 Å². The van der Waals surface area contributed by atoms with Gasteiger partial charge < -0.3 is 24.1 Å². The molecule has 7 nitrogen and oxygen atoms in total. The summed E-state index contributed by atoms with van der Waals surface area (Å²) in [5.74, 6) is 0.783. The fourth-order valence-corrected chi connectivity index (χ4v) is 8.10. The van der Waals surface area contributed by atoms with Gasteiger partial charge in [0.05, 0.1) is 25.9 Å². The number of hydrogen-bond donors (Lipinski definition) is 1. The molecular formula is C47H90O7. The number of esters is 2. The highest BCUT2D eigenvalue weighted by molar-refractivity contribution is 5.69. The summed E-state index contributed by atoms with van der Waals surface area (Å²) in [6.07, 6.45) is 36.2. The first kappa shape index (κ1) is 50.8. The molecule has 0 aliphatic carbocycles. The second-order valence-electron chi connectivity index (χ2n) is 16.7. The Morgan fingerprint density at radius 2 is 0.944 bits per heavy atom. The molecule has 320 valence electrons. The molecule has 0 amide bonds. The topological polar surface area (TPSA) is 91.3 Å². The third-order valence-corrected chi connectivity index (χ3v) is 11.7. The Kier molecular flexibility index (Phi) is 34.1. The second-order valence-corrected chi connectivity index (χ2v) is 16.7. The summed E-state index contributed by atoms with van der Waals surface area (Å²) in [6, 6.07) is 0. The van der Waals surface area contributed by atoms with Gasteiger partial charge in [0, 0.05) is 32.3 Å². The molecule has 1 N–H and O–H groups in total. The zero-order valence-corrected chi connectivity index (χ0v) is 36.3. The lowest BCUT2D eigenvalue weighted by molar-refractivity contribution is -0.180. The van der Waals surface area contributed by atoms with Crippen LogP contribution in [0.4, 0.5) is 0 Å². The Labute approximate surface area is 334 Å². The van der Waals surface area contributed by atoms with Crippen molar-refractivity contribution in [2.24, 2.45) is 11.8 Å². The maximum Gasteiger partial charge on any atom is 0.305 e. The summed E-state index contributed by atoms with van der Waals surface area (Å²) in [4.78, 5) is 24.8. The van der Waals surface area contributed by atoms with Gasteiger partial charge >= 0.3 is 11.9 Å². The van der Waals surface area contributed by atoms with Crippen molar-refractivity contribution >= 4 is 11.9 Å². The predicted octanol–water partition coefficient (Wildman–Crippen LogP) is 13.4. The molecule has 0 bridgehead atoms. The SMILES string of the molecule is CCCCCC(CCCCC)CCOC(=O)CCCCCCCC1(CCCCCCCC(=O)OCCC(CCCCC)CCCCC)OC[C@H](CCO)O1. The average Bonchev–Trinajstić information content (AvgIpc) is 3.56. The fourth-order valence-electron chi connectivity index (χ4n) is 8.10. The van der Waals surface area contributed by atoms with Crippen LogP contribution in [0.15, 0.2) is 0 Å². The Morgan fingerprint density at radius 1 is 0.556 bits per heavy atom. The Morgan fingerprint density at radius 3 is 1.33 bits per heavy atom. The molecular weight excluding hydrogens is 677 g/mol. The van der Waals surface area contributed by atoms with Crippen molar-refractivity contribution < 1.29 is 33.6 Å². The van der Waals surface area contributed by atoms with E-state index in [0.717, 1.165) is 89.9 Å². The molecule has 54 heavy (non-hydrogen) atoms. The minimum atomic E-state index is -0.538. The van der Waals surface area contributed by atoms with E-state index in [0.29, 0.717) is 50.9 Å². The zero-order chi connectivity index (χ0) is 39.4. The number of carbonyl (C=O) groups excluding carboxylic acids is 2. The van der Waals surface area contributed by atoms with Gasteiger partial charge in [-0.05, 0) is 56.8 Å². The standard InChI is InChI=1S/C47H90O7/c1-5-9-19-27-42(28-20-10-6-2)34-39-51-45(49)31-23-15-13-17-25-36-47(53-41-44(54-47)33-38-48)37-26-18-14-16-24-32-46(50)52-40-35-43(29-21-11-7-3)30-22-12-8-4/h42-44,48H,5-41H2,1-4H3/t44-/m0/s1. The fraction of sp³-hybridized carbons (Fsp3) is 0.957. The maximum atomic E-state index is 12.4. The Hall–Kier alpha value is -1.18. The van der Waals surface area contributed by atoms with Crippen LogP contribution in [-0.2, 0) is 28.5 Å². The minimum Gasteiger partial charge on any atom is -0.466 e. The predicted molar refractivity (Wildman–Crippen MR) is 225 cm³/mol. The van der Waals surface area contributed by atoms with Gasteiger partial charge in [0.1, 0.15) is 0 Å². The number of rotatable bonds is 40. The Bertz CT molecular complexity index is 772. The van der Waals surface area contributed by atoms with E-state index < -0.39 is 5.79 Å². The molecule has 0 unspecified atom stereocenters. The highest BCUT2D eigenvalue weighted by Crippen LogP contribution is 2.35. The maximum absolute atomic E-state index is 12.4. The first-order valence-corrected chi connectivity index (χ1v) is 23.7. The van der Waals surface area contributed by atoms with Crippen LogP contribution in [0, 0.1) is 11.8 Å². The molecule has 1 fully saturated rings. The van der Waals surface area contributed by atoms with Crippen molar-refractivity contribution in [1.29, 1.82) is 0 Å². The third-order valence-electron chi connectivity index (χ3n) is 11.7. The largest absolute Gasteiger partial charge is 0.466 e. The van der Waals surface area contributed by atoms with Crippen molar-refractivity contribution in [3.05, 3.63) is 0 Å². The summed E-state index contributed by atoms with van der Waals surface area (Å²) in [7, 11) is 0. The van der Waals surface area contributed by atoms with Crippen LogP contribution in [0.1, 0.15) is 240 Å². The van der Waals surface area contributed by atoms with Crippen LogP contribution in [0.25, 0.3) is 0 Å². The number of aliphatic hydroxyl groups excluding tert-OH is 1. The average molecular weight is 767 g/mol. The van der Waals surface area contributed by atoms with E-state index in [1.54, 1.807) is 0 Å². The smallest absolute Gasteiger partial charge is 0.305 e. The van der Waals surface area contributed by atoms with Gasteiger partial charge in [0.25, 0.3) is 0 Å². The molecule has 0 spiro atoms. The highest BCUT2D eigenvalue weighted by atomic mass is 16.7.